The molecule has 0 saturated heterocycles. The summed E-state index contributed by atoms with van der Waals surface area (Å²) in [6.07, 6.45) is 1.94. The third-order valence-corrected chi connectivity index (χ3v) is 5.91. The van der Waals surface area contributed by atoms with Gasteiger partial charge in [0.15, 0.2) is 11.5 Å². The van der Waals surface area contributed by atoms with E-state index in [1.54, 1.807) is 45.6 Å². The van der Waals surface area contributed by atoms with Gasteiger partial charge in [0.2, 0.25) is 11.7 Å². The molecule has 3 N–H and O–H groups in total. The van der Waals surface area contributed by atoms with Crippen LogP contribution in [-0.2, 0) is 11.2 Å². The Balaban J connectivity index is 1.66. The molecule has 37 heavy (non-hydrogen) atoms. The van der Waals surface area contributed by atoms with Crippen molar-refractivity contribution in [2.45, 2.75) is 12.5 Å². The number of carbonyl (C=O) groups is 1. The summed E-state index contributed by atoms with van der Waals surface area (Å²) in [7, 11) is 6.17. The van der Waals surface area contributed by atoms with E-state index in [4.69, 9.17) is 29.2 Å². The van der Waals surface area contributed by atoms with Crippen molar-refractivity contribution in [1.82, 2.24) is 5.16 Å². The highest BCUT2D eigenvalue weighted by atomic mass is 16.5. The molecule has 9 heteroatoms. The number of benzene rings is 3. The van der Waals surface area contributed by atoms with Crippen molar-refractivity contribution in [3.63, 3.8) is 0 Å². The molecule has 0 aliphatic carbocycles. The normalized spacial score (nSPS) is 11.5. The Morgan fingerprint density at radius 3 is 2.19 bits per heavy atom. The van der Waals surface area contributed by atoms with Gasteiger partial charge in [-0.3, -0.25) is 4.79 Å². The van der Waals surface area contributed by atoms with Crippen molar-refractivity contribution in [2.75, 3.05) is 33.8 Å². The summed E-state index contributed by atoms with van der Waals surface area (Å²) in [4.78, 5) is 12.9. The van der Waals surface area contributed by atoms with E-state index < -0.39 is 6.04 Å². The molecule has 4 aromatic rings. The minimum absolute atomic E-state index is 0.325. The van der Waals surface area contributed by atoms with E-state index >= 15 is 0 Å². The number of rotatable bonds is 10. The number of hydrogen-bond acceptors (Lipinski definition) is 8. The van der Waals surface area contributed by atoms with Crippen LogP contribution in [0.25, 0.3) is 22.4 Å². The van der Waals surface area contributed by atoms with Crippen LogP contribution in [0.3, 0.4) is 0 Å². The average molecular weight is 504 g/mol. The third-order valence-electron chi connectivity index (χ3n) is 5.91. The lowest BCUT2D eigenvalue weighted by atomic mass is 10.00. The van der Waals surface area contributed by atoms with Gasteiger partial charge in [-0.25, -0.2) is 0 Å². The Hall–Kier alpha value is -4.50. The number of nitrogens with one attached hydrogen (secondary N) is 1. The molecule has 1 heterocycles. The third kappa shape index (κ3) is 5.52. The SMILES string of the molecule is COc1ccc(-c2conc2-c2cc(OC)c(OC)c(OC)c2)cc1NC(=O)C(N)Cc1ccccc1. The van der Waals surface area contributed by atoms with Crippen molar-refractivity contribution in [1.29, 1.82) is 0 Å². The minimum atomic E-state index is -0.735. The van der Waals surface area contributed by atoms with Crippen LogP contribution in [-0.4, -0.2) is 45.5 Å². The molecular formula is C28H29N3O6. The quantitative estimate of drug-likeness (QED) is 0.324. The highest BCUT2D eigenvalue weighted by Gasteiger charge is 2.21. The zero-order valence-corrected chi connectivity index (χ0v) is 21.1. The molecule has 0 aliphatic rings. The van der Waals surface area contributed by atoms with Crippen molar-refractivity contribution in [3.8, 4) is 45.4 Å². The van der Waals surface area contributed by atoms with Crippen molar-refractivity contribution in [3.05, 3.63) is 72.5 Å². The summed E-state index contributed by atoms with van der Waals surface area (Å²) in [5.41, 5.74) is 10.3. The van der Waals surface area contributed by atoms with Gasteiger partial charge in [0.1, 0.15) is 17.7 Å². The van der Waals surface area contributed by atoms with Gasteiger partial charge in [0.05, 0.1) is 40.2 Å². The number of carbonyl (C=O) groups excluding carboxylic acids is 1. The van der Waals surface area contributed by atoms with Gasteiger partial charge in [-0.2, -0.15) is 0 Å². The van der Waals surface area contributed by atoms with Crippen LogP contribution in [0, 0.1) is 0 Å². The number of aromatic nitrogens is 1. The molecule has 0 fully saturated rings. The maximum Gasteiger partial charge on any atom is 0.241 e. The van der Waals surface area contributed by atoms with Crippen LogP contribution in [0.15, 0.2) is 71.4 Å². The van der Waals surface area contributed by atoms with Gasteiger partial charge in [0, 0.05) is 11.1 Å². The first kappa shape index (κ1) is 25.6. The zero-order chi connectivity index (χ0) is 26.4. The van der Waals surface area contributed by atoms with Gasteiger partial charge in [-0.1, -0.05) is 41.6 Å². The van der Waals surface area contributed by atoms with Crippen molar-refractivity contribution in [2.24, 2.45) is 5.73 Å². The van der Waals surface area contributed by atoms with Crippen LogP contribution in [0.1, 0.15) is 5.56 Å². The summed E-state index contributed by atoms with van der Waals surface area (Å²) >= 11 is 0. The fraction of sp³-hybridized carbons (Fsp3) is 0.214. The lowest BCUT2D eigenvalue weighted by Crippen LogP contribution is -2.37. The van der Waals surface area contributed by atoms with Gasteiger partial charge in [0.25, 0.3) is 0 Å². The Bertz CT molecular complexity index is 1340. The number of nitrogens with two attached hydrogens (primary N) is 1. The largest absolute Gasteiger partial charge is 0.495 e. The molecule has 3 aromatic carbocycles. The van der Waals surface area contributed by atoms with E-state index in [0.717, 1.165) is 11.1 Å². The summed E-state index contributed by atoms with van der Waals surface area (Å²) < 4.78 is 27.2. The standard InChI is InChI=1S/C28H29N3O6/c1-33-23-11-10-18(13-22(23)30-28(32)21(29)12-17-8-6-5-7-9-17)20-16-37-31-26(20)19-14-24(34-2)27(36-4)25(15-19)35-3/h5-11,13-16,21H,12,29H2,1-4H3,(H,30,32). The fourth-order valence-corrected chi connectivity index (χ4v) is 4.03. The van der Waals surface area contributed by atoms with Crippen LogP contribution >= 0.6 is 0 Å². The number of ether oxygens (including phenoxy) is 4. The van der Waals surface area contributed by atoms with E-state index in [-0.39, 0.29) is 5.91 Å². The minimum Gasteiger partial charge on any atom is -0.495 e. The molecule has 1 aromatic heterocycles. The molecule has 0 radical (unpaired) electrons. The predicted octanol–water partition coefficient (Wildman–Crippen LogP) is 4.55. The number of amides is 1. The second kappa shape index (κ2) is 11.5. The van der Waals surface area contributed by atoms with E-state index in [1.807, 2.05) is 36.4 Å². The molecule has 9 nitrogen and oxygen atoms in total. The molecule has 0 bridgehead atoms. The second-order valence-corrected chi connectivity index (χ2v) is 8.19. The first-order chi connectivity index (χ1) is 18.0. The van der Waals surface area contributed by atoms with Gasteiger partial charge < -0.3 is 34.5 Å². The molecule has 4 rings (SSSR count). The molecule has 192 valence electrons. The maximum atomic E-state index is 12.9. The number of anilines is 1. The lowest BCUT2D eigenvalue weighted by Gasteiger charge is -2.16. The number of methoxy groups -OCH3 is 4. The van der Waals surface area contributed by atoms with Crippen LogP contribution in [0.4, 0.5) is 5.69 Å². The van der Waals surface area contributed by atoms with Crippen LogP contribution < -0.4 is 30.0 Å². The second-order valence-electron chi connectivity index (χ2n) is 8.19. The Morgan fingerprint density at radius 1 is 0.892 bits per heavy atom. The zero-order valence-electron chi connectivity index (χ0n) is 21.1. The smallest absolute Gasteiger partial charge is 0.241 e. The Morgan fingerprint density at radius 2 is 1.57 bits per heavy atom. The topological polar surface area (TPSA) is 118 Å². The van der Waals surface area contributed by atoms with E-state index in [9.17, 15) is 4.79 Å². The maximum absolute atomic E-state index is 12.9. The monoisotopic (exact) mass is 503 g/mol. The van der Waals surface area contributed by atoms with Gasteiger partial charge in [-0.05, 0) is 41.8 Å². The van der Waals surface area contributed by atoms with Crippen LogP contribution in [0.5, 0.6) is 23.0 Å². The van der Waals surface area contributed by atoms with Crippen LogP contribution in [0.2, 0.25) is 0 Å². The molecule has 0 aliphatic heterocycles. The Labute approximate surface area is 215 Å². The fourth-order valence-electron chi connectivity index (χ4n) is 4.03. The first-order valence-corrected chi connectivity index (χ1v) is 11.5. The molecule has 0 spiro atoms. The highest BCUT2D eigenvalue weighted by Crippen LogP contribution is 2.43. The predicted molar refractivity (Wildman–Crippen MR) is 140 cm³/mol. The molecule has 1 atom stereocenters. The van der Waals surface area contributed by atoms with Crippen molar-refractivity contribution < 1.29 is 28.3 Å². The summed E-state index contributed by atoms with van der Waals surface area (Å²) in [6.45, 7) is 0. The average Bonchev–Trinajstić information content (AvgIpc) is 3.42. The van der Waals surface area contributed by atoms with E-state index in [1.165, 1.54) is 13.4 Å². The summed E-state index contributed by atoms with van der Waals surface area (Å²) in [5.74, 6) is 1.62. The Kier molecular flexibility index (Phi) is 7.95. The highest BCUT2D eigenvalue weighted by molar-refractivity contribution is 5.97. The van der Waals surface area contributed by atoms with E-state index in [2.05, 4.69) is 10.5 Å². The molecule has 1 unspecified atom stereocenters. The first-order valence-electron chi connectivity index (χ1n) is 11.5. The lowest BCUT2D eigenvalue weighted by molar-refractivity contribution is -0.117. The molecular weight excluding hydrogens is 474 g/mol. The summed E-state index contributed by atoms with van der Waals surface area (Å²) in [6, 6.07) is 17.9. The molecule has 1 amide bonds. The number of nitrogens with zero attached hydrogens (tertiary/aromatic N) is 1. The van der Waals surface area contributed by atoms with Crippen molar-refractivity contribution >= 4 is 11.6 Å². The number of hydrogen-bond donors (Lipinski definition) is 2. The summed E-state index contributed by atoms with van der Waals surface area (Å²) in [5, 5.41) is 7.11. The van der Waals surface area contributed by atoms with E-state index in [0.29, 0.717) is 51.9 Å². The van der Waals surface area contributed by atoms with Gasteiger partial charge >= 0.3 is 0 Å². The molecule has 0 saturated carbocycles. The van der Waals surface area contributed by atoms with Gasteiger partial charge in [-0.15, -0.1) is 0 Å².